The van der Waals surface area contributed by atoms with Gasteiger partial charge in [0.05, 0.1) is 0 Å². The van der Waals surface area contributed by atoms with Gasteiger partial charge >= 0.3 is 0 Å². The Morgan fingerprint density at radius 3 is 2.71 bits per heavy atom. The van der Waals surface area contributed by atoms with E-state index in [9.17, 15) is 0 Å². The van der Waals surface area contributed by atoms with Crippen molar-refractivity contribution in [2.45, 2.75) is 52.9 Å². The minimum Gasteiger partial charge on any atom is -0.316 e. The molecule has 0 amide bonds. The first-order valence-corrected chi connectivity index (χ1v) is 7.53. The average Bonchev–Trinajstić information content (AvgIpc) is 2.63. The van der Waals surface area contributed by atoms with E-state index in [1.54, 1.807) is 5.57 Å². The molecule has 4 atom stereocenters. The largest absolute Gasteiger partial charge is 0.316 e. The van der Waals surface area contributed by atoms with Gasteiger partial charge in [0.1, 0.15) is 0 Å². The summed E-state index contributed by atoms with van der Waals surface area (Å²) in [5, 5.41) is 3.74. The lowest BCUT2D eigenvalue weighted by molar-refractivity contribution is 0.342. The number of nitrogens with one attached hydrogen (secondary N) is 1. The summed E-state index contributed by atoms with van der Waals surface area (Å²) in [4.78, 5) is 0. The number of hydrogen-bond donors (Lipinski definition) is 1. The van der Waals surface area contributed by atoms with E-state index in [0.29, 0.717) is 0 Å². The second kappa shape index (κ2) is 6.04. The lowest BCUT2D eigenvalue weighted by Crippen LogP contribution is -2.31. The highest BCUT2D eigenvalue weighted by molar-refractivity contribution is 5.06. The first-order valence-electron chi connectivity index (χ1n) is 7.53. The van der Waals surface area contributed by atoms with Crippen molar-refractivity contribution in [3.05, 3.63) is 11.6 Å². The van der Waals surface area contributed by atoms with Gasteiger partial charge in [-0.2, -0.15) is 0 Å². The van der Waals surface area contributed by atoms with Crippen LogP contribution in [0.5, 0.6) is 0 Å². The molecule has 2 aliphatic carbocycles. The van der Waals surface area contributed by atoms with Gasteiger partial charge in [0.25, 0.3) is 0 Å². The lowest BCUT2D eigenvalue weighted by atomic mass is 9.83. The van der Waals surface area contributed by atoms with Crippen LogP contribution in [-0.2, 0) is 0 Å². The van der Waals surface area contributed by atoms with Crippen LogP contribution in [0.1, 0.15) is 52.9 Å². The molecule has 0 aromatic heterocycles. The molecule has 0 saturated heterocycles. The Hall–Kier alpha value is -0.300. The van der Waals surface area contributed by atoms with E-state index < -0.39 is 0 Å². The second-order valence-electron chi connectivity index (χ2n) is 6.62. The van der Waals surface area contributed by atoms with Gasteiger partial charge in [0, 0.05) is 0 Å². The van der Waals surface area contributed by atoms with Crippen LogP contribution in [0.15, 0.2) is 11.6 Å². The van der Waals surface area contributed by atoms with Crippen LogP contribution >= 0.6 is 0 Å². The Kier molecular flexibility index (Phi) is 4.67. The molecule has 1 N–H and O–H groups in total. The second-order valence-corrected chi connectivity index (χ2v) is 6.62. The molecular formula is C16H29N. The Balaban J connectivity index is 1.67. The minimum atomic E-state index is 0.793. The Labute approximate surface area is 107 Å². The van der Waals surface area contributed by atoms with Gasteiger partial charge in [-0.05, 0) is 62.9 Å². The molecule has 2 rings (SSSR count). The highest BCUT2D eigenvalue weighted by Gasteiger charge is 2.23. The summed E-state index contributed by atoms with van der Waals surface area (Å²) in [6.45, 7) is 9.57. The van der Waals surface area contributed by atoms with Crippen LogP contribution in [0, 0.1) is 23.7 Å². The van der Waals surface area contributed by atoms with Crippen LogP contribution in [0.2, 0.25) is 0 Å². The molecule has 0 radical (unpaired) electrons. The quantitative estimate of drug-likeness (QED) is 0.726. The van der Waals surface area contributed by atoms with Crippen molar-refractivity contribution in [3.63, 3.8) is 0 Å². The maximum absolute atomic E-state index is 3.74. The summed E-state index contributed by atoms with van der Waals surface area (Å²) < 4.78 is 0. The van der Waals surface area contributed by atoms with Crippen molar-refractivity contribution in [2.75, 3.05) is 13.1 Å². The summed E-state index contributed by atoms with van der Waals surface area (Å²) >= 11 is 0. The first kappa shape index (κ1) is 13.1. The zero-order valence-electron chi connectivity index (χ0n) is 11.8. The van der Waals surface area contributed by atoms with Crippen molar-refractivity contribution in [3.8, 4) is 0 Å². The van der Waals surface area contributed by atoms with Gasteiger partial charge in [-0.15, -0.1) is 0 Å². The zero-order valence-corrected chi connectivity index (χ0v) is 11.8. The summed E-state index contributed by atoms with van der Waals surface area (Å²) in [6.07, 6.45) is 9.51. The average molecular weight is 235 g/mol. The van der Waals surface area contributed by atoms with E-state index in [2.05, 4.69) is 32.2 Å². The van der Waals surface area contributed by atoms with Gasteiger partial charge in [-0.25, -0.2) is 0 Å². The SMILES string of the molecule is CC1=CC(C)CC(CNCC2CCCC2C)C1. The summed E-state index contributed by atoms with van der Waals surface area (Å²) in [7, 11) is 0. The molecule has 0 heterocycles. The predicted molar refractivity (Wildman–Crippen MR) is 75.0 cm³/mol. The Morgan fingerprint density at radius 2 is 2.06 bits per heavy atom. The topological polar surface area (TPSA) is 12.0 Å². The highest BCUT2D eigenvalue weighted by Crippen LogP contribution is 2.31. The maximum Gasteiger partial charge on any atom is -0.00171 e. The fraction of sp³-hybridized carbons (Fsp3) is 0.875. The van der Waals surface area contributed by atoms with Gasteiger partial charge in [-0.1, -0.05) is 38.3 Å². The third-order valence-electron chi connectivity index (χ3n) is 4.76. The third-order valence-corrected chi connectivity index (χ3v) is 4.76. The highest BCUT2D eigenvalue weighted by atomic mass is 14.9. The summed E-state index contributed by atoms with van der Waals surface area (Å²) in [5.41, 5.74) is 1.60. The van der Waals surface area contributed by atoms with Gasteiger partial charge in [0.15, 0.2) is 0 Å². The van der Waals surface area contributed by atoms with Crippen molar-refractivity contribution < 1.29 is 0 Å². The van der Waals surface area contributed by atoms with Gasteiger partial charge in [0.2, 0.25) is 0 Å². The lowest BCUT2D eigenvalue weighted by Gasteiger charge is -2.26. The van der Waals surface area contributed by atoms with Crippen LogP contribution < -0.4 is 5.32 Å². The maximum atomic E-state index is 3.74. The summed E-state index contributed by atoms with van der Waals surface area (Å²) in [5.74, 6) is 3.58. The third kappa shape index (κ3) is 3.84. The number of hydrogen-bond acceptors (Lipinski definition) is 1. The van der Waals surface area contributed by atoms with Crippen LogP contribution in [-0.4, -0.2) is 13.1 Å². The Morgan fingerprint density at radius 1 is 1.24 bits per heavy atom. The molecule has 98 valence electrons. The normalized spacial score (nSPS) is 38.2. The van der Waals surface area contributed by atoms with E-state index in [1.165, 1.54) is 45.2 Å². The van der Waals surface area contributed by atoms with E-state index in [-0.39, 0.29) is 0 Å². The van der Waals surface area contributed by atoms with Gasteiger partial charge in [-0.3, -0.25) is 0 Å². The molecule has 0 aliphatic heterocycles. The zero-order chi connectivity index (χ0) is 12.3. The molecular weight excluding hydrogens is 206 g/mol. The molecule has 0 bridgehead atoms. The predicted octanol–water partition coefficient (Wildman–Crippen LogP) is 4.00. The first-order chi connectivity index (χ1) is 8.15. The van der Waals surface area contributed by atoms with Crippen LogP contribution in [0.4, 0.5) is 0 Å². The van der Waals surface area contributed by atoms with Crippen LogP contribution in [0.25, 0.3) is 0 Å². The van der Waals surface area contributed by atoms with Gasteiger partial charge < -0.3 is 5.32 Å². The monoisotopic (exact) mass is 235 g/mol. The summed E-state index contributed by atoms with van der Waals surface area (Å²) in [6, 6.07) is 0. The van der Waals surface area contributed by atoms with Crippen molar-refractivity contribution in [2.24, 2.45) is 23.7 Å². The van der Waals surface area contributed by atoms with Crippen molar-refractivity contribution in [1.82, 2.24) is 5.32 Å². The number of rotatable bonds is 4. The molecule has 1 nitrogen and oxygen atoms in total. The Bertz CT molecular complexity index is 269. The molecule has 1 saturated carbocycles. The van der Waals surface area contributed by atoms with E-state index in [1.807, 2.05) is 0 Å². The van der Waals surface area contributed by atoms with E-state index >= 15 is 0 Å². The van der Waals surface area contributed by atoms with Crippen LogP contribution in [0.3, 0.4) is 0 Å². The minimum absolute atomic E-state index is 0.793. The molecule has 0 aromatic rings. The molecule has 4 unspecified atom stereocenters. The van der Waals surface area contributed by atoms with E-state index in [4.69, 9.17) is 0 Å². The van der Waals surface area contributed by atoms with Crippen molar-refractivity contribution >= 4 is 0 Å². The van der Waals surface area contributed by atoms with E-state index in [0.717, 1.165) is 23.7 Å². The molecule has 2 aliphatic rings. The fourth-order valence-corrected chi connectivity index (χ4v) is 3.84. The number of allylic oxidation sites excluding steroid dienone is 2. The molecule has 1 heteroatoms. The molecule has 0 aromatic carbocycles. The molecule has 1 fully saturated rings. The smallest absolute Gasteiger partial charge is 0.00171 e. The molecule has 17 heavy (non-hydrogen) atoms. The molecule has 0 spiro atoms. The standard InChI is InChI=1S/C16H29N/c1-12-7-13(2)9-15(8-12)10-17-11-16-6-4-5-14(16)3/h7,12,14-17H,4-6,8-11H2,1-3H3. The van der Waals surface area contributed by atoms with Crippen molar-refractivity contribution in [1.29, 1.82) is 0 Å². The fourth-order valence-electron chi connectivity index (χ4n) is 3.84.